The largest absolute Gasteiger partial charge is 0.481 e. The minimum absolute atomic E-state index is 0.172. The van der Waals surface area contributed by atoms with Gasteiger partial charge in [0.15, 0.2) is 9.84 Å². The van der Waals surface area contributed by atoms with Gasteiger partial charge in [0.05, 0.1) is 10.6 Å². The molecule has 0 fully saturated rings. The van der Waals surface area contributed by atoms with Gasteiger partial charge in [0.25, 0.3) is 0 Å². The van der Waals surface area contributed by atoms with Gasteiger partial charge in [-0.15, -0.1) is 0 Å². The SMILES string of the molecule is CS(=O)(=O)c1ccc(F)c(NC(=O)CC(=O)O)c1. The number of amides is 1. The Hall–Kier alpha value is -1.96. The molecule has 1 aromatic carbocycles. The van der Waals surface area contributed by atoms with E-state index in [4.69, 9.17) is 5.11 Å². The molecular weight excluding hydrogens is 265 g/mol. The number of nitrogens with one attached hydrogen (secondary N) is 1. The molecule has 0 aliphatic rings. The van der Waals surface area contributed by atoms with Crippen molar-refractivity contribution in [2.45, 2.75) is 11.3 Å². The Bertz CT molecular complexity index is 596. The maximum absolute atomic E-state index is 13.3. The summed E-state index contributed by atoms with van der Waals surface area (Å²) >= 11 is 0. The molecule has 1 rings (SSSR count). The lowest BCUT2D eigenvalue weighted by atomic mass is 10.3. The highest BCUT2D eigenvalue weighted by molar-refractivity contribution is 7.90. The normalized spacial score (nSPS) is 11.0. The van der Waals surface area contributed by atoms with E-state index in [0.717, 1.165) is 24.5 Å². The molecule has 0 saturated carbocycles. The number of benzene rings is 1. The Morgan fingerprint density at radius 1 is 1.39 bits per heavy atom. The van der Waals surface area contributed by atoms with E-state index in [-0.39, 0.29) is 10.6 Å². The summed E-state index contributed by atoms with van der Waals surface area (Å²) in [5, 5.41) is 10.4. The van der Waals surface area contributed by atoms with E-state index in [1.54, 1.807) is 0 Å². The molecule has 0 atom stereocenters. The molecule has 0 radical (unpaired) electrons. The van der Waals surface area contributed by atoms with Crippen LogP contribution in [0.15, 0.2) is 23.1 Å². The number of anilines is 1. The lowest BCUT2D eigenvalue weighted by molar-refractivity contribution is -0.139. The summed E-state index contributed by atoms with van der Waals surface area (Å²) in [6, 6.07) is 2.87. The molecule has 2 N–H and O–H groups in total. The first kappa shape index (κ1) is 14.1. The minimum atomic E-state index is -3.54. The number of carbonyl (C=O) groups excluding carboxylic acids is 1. The van der Waals surface area contributed by atoms with Crippen LogP contribution in [0.3, 0.4) is 0 Å². The van der Waals surface area contributed by atoms with Crippen LogP contribution >= 0.6 is 0 Å². The van der Waals surface area contributed by atoms with Crippen LogP contribution in [0.25, 0.3) is 0 Å². The van der Waals surface area contributed by atoms with E-state index < -0.39 is 34.0 Å². The first-order valence-corrected chi connectivity index (χ1v) is 6.60. The zero-order valence-electron chi connectivity index (χ0n) is 9.31. The number of aliphatic carboxylic acids is 1. The predicted molar refractivity (Wildman–Crippen MR) is 60.4 cm³/mol. The van der Waals surface area contributed by atoms with E-state index in [2.05, 4.69) is 0 Å². The second-order valence-corrected chi connectivity index (χ2v) is 5.55. The number of carbonyl (C=O) groups is 2. The van der Waals surface area contributed by atoms with Gasteiger partial charge in [-0.3, -0.25) is 9.59 Å². The maximum Gasteiger partial charge on any atom is 0.312 e. The first-order chi connectivity index (χ1) is 8.20. The van der Waals surface area contributed by atoms with Crippen LogP contribution in [-0.2, 0) is 19.4 Å². The molecule has 0 aliphatic heterocycles. The van der Waals surface area contributed by atoms with Crippen molar-refractivity contribution in [2.75, 3.05) is 11.6 Å². The second kappa shape index (κ2) is 5.13. The number of hydrogen-bond donors (Lipinski definition) is 2. The predicted octanol–water partition coefficient (Wildman–Crippen LogP) is 0.642. The van der Waals surface area contributed by atoms with Crippen molar-refractivity contribution in [3.05, 3.63) is 24.0 Å². The van der Waals surface area contributed by atoms with Crippen molar-refractivity contribution in [2.24, 2.45) is 0 Å². The Balaban J connectivity index is 3.02. The number of carboxylic acid groups (broad SMARTS) is 1. The van der Waals surface area contributed by atoms with Gasteiger partial charge < -0.3 is 10.4 Å². The summed E-state index contributed by atoms with van der Waals surface area (Å²) in [5.74, 6) is -3.15. The molecule has 1 amide bonds. The first-order valence-electron chi connectivity index (χ1n) is 4.71. The average molecular weight is 275 g/mol. The lowest BCUT2D eigenvalue weighted by Gasteiger charge is -2.07. The number of halogens is 1. The molecule has 0 bridgehead atoms. The molecule has 0 spiro atoms. The molecule has 0 unspecified atom stereocenters. The maximum atomic E-state index is 13.3. The van der Waals surface area contributed by atoms with Crippen LogP contribution in [0.5, 0.6) is 0 Å². The number of carboxylic acids is 1. The van der Waals surface area contributed by atoms with Gasteiger partial charge in [0.2, 0.25) is 5.91 Å². The van der Waals surface area contributed by atoms with Crippen molar-refractivity contribution in [1.29, 1.82) is 0 Å². The van der Waals surface area contributed by atoms with Crippen LogP contribution in [0, 0.1) is 5.82 Å². The third kappa shape index (κ3) is 3.81. The van der Waals surface area contributed by atoms with E-state index in [1.807, 2.05) is 5.32 Å². The Kier molecular flexibility index (Phi) is 4.02. The van der Waals surface area contributed by atoms with E-state index in [0.29, 0.717) is 0 Å². The Morgan fingerprint density at radius 3 is 2.50 bits per heavy atom. The second-order valence-electron chi connectivity index (χ2n) is 3.53. The molecule has 8 heteroatoms. The van der Waals surface area contributed by atoms with Gasteiger partial charge in [-0.05, 0) is 18.2 Å². The van der Waals surface area contributed by atoms with Gasteiger partial charge in [0, 0.05) is 6.26 Å². The molecule has 0 aromatic heterocycles. The smallest absolute Gasteiger partial charge is 0.312 e. The third-order valence-electron chi connectivity index (χ3n) is 1.95. The Morgan fingerprint density at radius 2 is 2.00 bits per heavy atom. The monoisotopic (exact) mass is 275 g/mol. The fourth-order valence-electron chi connectivity index (χ4n) is 1.16. The molecule has 18 heavy (non-hydrogen) atoms. The van der Waals surface area contributed by atoms with Crippen molar-refractivity contribution in [3.63, 3.8) is 0 Å². The van der Waals surface area contributed by atoms with E-state index in [1.165, 1.54) is 0 Å². The number of hydrogen-bond acceptors (Lipinski definition) is 4. The zero-order chi connectivity index (χ0) is 13.9. The number of rotatable bonds is 4. The highest BCUT2D eigenvalue weighted by atomic mass is 32.2. The number of sulfone groups is 1. The minimum Gasteiger partial charge on any atom is -0.481 e. The van der Waals surface area contributed by atoms with Crippen molar-refractivity contribution >= 4 is 27.4 Å². The summed E-state index contributed by atoms with van der Waals surface area (Å²) in [6.45, 7) is 0. The Labute approximate surface area is 102 Å². The van der Waals surface area contributed by atoms with E-state index >= 15 is 0 Å². The van der Waals surface area contributed by atoms with Crippen molar-refractivity contribution in [3.8, 4) is 0 Å². The zero-order valence-corrected chi connectivity index (χ0v) is 10.1. The van der Waals surface area contributed by atoms with E-state index in [9.17, 15) is 22.4 Å². The summed E-state index contributed by atoms with van der Waals surface area (Å²) < 4.78 is 35.8. The van der Waals surface area contributed by atoms with Gasteiger partial charge in [0.1, 0.15) is 12.2 Å². The molecule has 0 saturated heterocycles. The quantitative estimate of drug-likeness (QED) is 0.620. The molecule has 0 aliphatic carbocycles. The van der Waals surface area contributed by atoms with Crippen LogP contribution in [0.4, 0.5) is 10.1 Å². The highest BCUT2D eigenvalue weighted by Crippen LogP contribution is 2.19. The van der Waals surface area contributed by atoms with Crippen LogP contribution in [0.1, 0.15) is 6.42 Å². The van der Waals surface area contributed by atoms with Gasteiger partial charge in [-0.1, -0.05) is 0 Å². The summed E-state index contributed by atoms with van der Waals surface area (Å²) in [5.41, 5.74) is -0.371. The summed E-state index contributed by atoms with van der Waals surface area (Å²) in [6.07, 6.45) is 0.103. The standard InChI is InChI=1S/C10H10FNO5S/c1-18(16,17)6-2-3-7(11)8(4-6)12-9(13)5-10(14)15/h2-4H,5H2,1H3,(H,12,13)(H,14,15). The molecular formula is C10H10FNO5S. The summed E-state index contributed by atoms with van der Waals surface area (Å²) in [7, 11) is -3.54. The fourth-order valence-corrected chi connectivity index (χ4v) is 1.81. The average Bonchev–Trinajstić information content (AvgIpc) is 2.18. The molecule has 6 nitrogen and oxygen atoms in total. The van der Waals surface area contributed by atoms with Crippen LogP contribution in [0.2, 0.25) is 0 Å². The van der Waals surface area contributed by atoms with Gasteiger partial charge in [-0.2, -0.15) is 0 Å². The molecule has 98 valence electrons. The lowest BCUT2D eigenvalue weighted by Crippen LogP contribution is -2.17. The summed E-state index contributed by atoms with van der Waals surface area (Å²) in [4.78, 5) is 21.2. The molecule has 0 heterocycles. The van der Waals surface area contributed by atoms with Crippen LogP contribution < -0.4 is 5.32 Å². The van der Waals surface area contributed by atoms with Crippen LogP contribution in [-0.4, -0.2) is 31.7 Å². The van der Waals surface area contributed by atoms with Gasteiger partial charge in [-0.25, -0.2) is 12.8 Å². The fraction of sp³-hybridized carbons (Fsp3) is 0.200. The highest BCUT2D eigenvalue weighted by Gasteiger charge is 2.14. The van der Waals surface area contributed by atoms with Gasteiger partial charge >= 0.3 is 5.97 Å². The topological polar surface area (TPSA) is 101 Å². The third-order valence-corrected chi connectivity index (χ3v) is 3.06. The van der Waals surface area contributed by atoms with Crippen molar-refractivity contribution < 1.29 is 27.5 Å². The molecule has 1 aromatic rings. The van der Waals surface area contributed by atoms with Crippen molar-refractivity contribution in [1.82, 2.24) is 0 Å².